The molecule has 0 spiro atoms. The molecule has 0 aliphatic rings. The average molecular weight is 249 g/mol. The minimum absolute atomic E-state index is 0.0954. The van der Waals surface area contributed by atoms with Crippen molar-refractivity contribution in [1.29, 1.82) is 0 Å². The van der Waals surface area contributed by atoms with Gasteiger partial charge in [-0.1, -0.05) is 6.92 Å². The van der Waals surface area contributed by atoms with Gasteiger partial charge in [0.05, 0.1) is 17.9 Å². The van der Waals surface area contributed by atoms with Crippen molar-refractivity contribution in [1.82, 2.24) is 4.90 Å². The highest BCUT2D eigenvalue weighted by Gasteiger charge is 2.23. The second-order valence-electron chi connectivity index (χ2n) is 4.54. The third-order valence-electron chi connectivity index (χ3n) is 3.12. The predicted molar refractivity (Wildman–Crippen MR) is 68.3 cm³/mol. The summed E-state index contributed by atoms with van der Waals surface area (Å²) in [6.07, 6.45) is 2.13. The summed E-state index contributed by atoms with van der Waals surface area (Å²) in [7, 11) is 3.63. The van der Waals surface area contributed by atoms with Crippen LogP contribution in [-0.4, -0.2) is 30.8 Å². The van der Waals surface area contributed by atoms with Crippen LogP contribution in [0.25, 0.3) is 11.0 Å². The number of likely N-dealkylation sites (N-methyl/N-ethyl adjacent to an activating group) is 1. The Bertz CT molecular complexity index is 574. The predicted octanol–water partition coefficient (Wildman–Crippen LogP) is 3.09. The Hall–Kier alpha value is -1.68. The van der Waals surface area contributed by atoms with E-state index < -0.39 is 5.82 Å². The van der Waals surface area contributed by atoms with Gasteiger partial charge < -0.3 is 4.42 Å². The van der Waals surface area contributed by atoms with E-state index in [0.29, 0.717) is 17.4 Å². The first-order valence-electron chi connectivity index (χ1n) is 5.92. The normalized spacial score (nSPS) is 13.2. The molecule has 1 atom stereocenters. The summed E-state index contributed by atoms with van der Waals surface area (Å²) in [5.41, 5.74) is 0.631. The van der Waals surface area contributed by atoms with E-state index in [1.165, 1.54) is 18.4 Å². The van der Waals surface area contributed by atoms with Crippen LogP contribution >= 0.6 is 0 Å². The molecule has 96 valence electrons. The lowest BCUT2D eigenvalue weighted by Gasteiger charge is -2.21. The van der Waals surface area contributed by atoms with Gasteiger partial charge in [-0.3, -0.25) is 9.69 Å². The Labute approximate surface area is 105 Å². The van der Waals surface area contributed by atoms with Crippen molar-refractivity contribution >= 4 is 16.8 Å². The lowest BCUT2D eigenvalue weighted by Crippen LogP contribution is -2.35. The second kappa shape index (κ2) is 4.90. The fourth-order valence-electron chi connectivity index (χ4n) is 2.14. The van der Waals surface area contributed by atoms with E-state index in [2.05, 4.69) is 0 Å². The van der Waals surface area contributed by atoms with Crippen LogP contribution in [0.1, 0.15) is 23.7 Å². The molecule has 0 fully saturated rings. The van der Waals surface area contributed by atoms with E-state index in [-0.39, 0.29) is 17.4 Å². The molecule has 4 heteroatoms. The molecule has 0 saturated carbocycles. The van der Waals surface area contributed by atoms with Gasteiger partial charge in [-0.15, -0.1) is 0 Å². The summed E-state index contributed by atoms with van der Waals surface area (Å²) < 4.78 is 19.1. The zero-order chi connectivity index (χ0) is 13.3. The highest BCUT2D eigenvalue weighted by molar-refractivity contribution is 6.02. The van der Waals surface area contributed by atoms with E-state index in [0.717, 1.165) is 0 Å². The molecule has 0 aliphatic carbocycles. The maximum Gasteiger partial charge on any atom is 0.182 e. The third kappa shape index (κ3) is 2.16. The number of Topliss-reactive ketones (excluding diaryl/α,β-unsaturated/α-hetero) is 1. The van der Waals surface area contributed by atoms with Crippen molar-refractivity contribution in [3.63, 3.8) is 0 Å². The molecular formula is C14H16FNO2. The van der Waals surface area contributed by atoms with Crippen LogP contribution in [0.15, 0.2) is 28.9 Å². The van der Waals surface area contributed by atoms with Crippen LogP contribution in [0.3, 0.4) is 0 Å². The van der Waals surface area contributed by atoms with Gasteiger partial charge in [0, 0.05) is 5.39 Å². The summed E-state index contributed by atoms with van der Waals surface area (Å²) in [5.74, 6) is -0.701. The molecule has 2 rings (SSSR count). The maximum absolute atomic E-state index is 13.9. The molecule has 0 amide bonds. The monoisotopic (exact) mass is 249 g/mol. The van der Waals surface area contributed by atoms with E-state index in [9.17, 15) is 9.18 Å². The van der Waals surface area contributed by atoms with Gasteiger partial charge in [0.1, 0.15) is 11.4 Å². The van der Waals surface area contributed by atoms with Crippen LogP contribution in [-0.2, 0) is 0 Å². The zero-order valence-electron chi connectivity index (χ0n) is 10.7. The number of nitrogens with zero attached hydrogens (tertiary/aromatic N) is 1. The number of carbonyl (C=O) groups excluding carboxylic acids is 1. The average Bonchev–Trinajstić information content (AvgIpc) is 2.75. The minimum atomic E-state index is -0.491. The fraction of sp³-hybridized carbons (Fsp3) is 0.357. The molecule has 1 unspecified atom stereocenters. The first-order chi connectivity index (χ1) is 8.54. The van der Waals surface area contributed by atoms with Gasteiger partial charge in [-0.25, -0.2) is 4.39 Å². The van der Waals surface area contributed by atoms with E-state index in [1.54, 1.807) is 11.0 Å². The number of halogens is 1. The summed E-state index contributed by atoms with van der Waals surface area (Å²) in [5, 5.41) is 0.668. The highest BCUT2D eigenvalue weighted by atomic mass is 19.1. The lowest BCUT2D eigenvalue weighted by atomic mass is 10.00. The number of benzene rings is 1. The van der Waals surface area contributed by atoms with Gasteiger partial charge in [0.2, 0.25) is 0 Å². The summed E-state index contributed by atoms with van der Waals surface area (Å²) in [4.78, 5) is 14.1. The van der Waals surface area contributed by atoms with Gasteiger partial charge in [-0.05, 0) is 38.7 Å². The molecule has 18 heavy (non-hydrogen) atoms. The Morgan fingerprint density at radius 3 is 2.78 bits per heavy atom. The van der Waals surface area contributed by atoms with Crippen molar-refractivity contribution in [2.45, 2.75) is 19.4 Å². The highest BCUT2D eigenvalue weighted by Crippen LogP contribution is 2.22. The van der Waals surface area contributed by atoms with Crippen LogP contribution in [0.2, 0.25) is 0 Å². The first-order valence-corrected chi connectivity index (χ1v) is 5.92. The zero-order valence-corrected chi connectivity index (χ0v) is 10.7. The van der Waals surface area contributed by atoms with Gasteiger partial charge in [-0.2, -0.15) is 0 Å². The lowest BCUT2D eigenvalue weighted by molar-refractivity contribution is 0.0867. The van der Waals surface area contributed by atoms with E-state index in [4.69, 9.17) is 4.42 Å². The molecule has 0 bridgehead atoms. The topological polar surface area (TPSA) is 33.5 Å². The standard InChI is InChI=1S/C14H16FNO2/c1-4-12(16(2)3)14(17)10-8-13-9(5-6-18-13)7-11(10)15/h5-8,12H,4H2,1-3H3. The van der Waals surface area contributed by atoms with Crippen molar-refractivity contribution in [3.8, 4) is 0 Å². The van der Waals surface area contributed by atoms with Crippen molar-refractivity contribution in [2.24, 2.45) is 0 Å². The maximum atomic E-state index is 13.9. The number of furan rings is 1. The Kier molecular flexibility index (Phi) is 3.48. The Balaban J connectivity index is 2.46. The van der Waals surface area contributed by atoms with Crippen molar-refractivity contribution in [3.05, 3.63) is 35.8 Å². The molecular weight excluding hydrogens is 233 g/mol. The number of ketones is 1. The molecule has 0 aliphatic heterocycles. The molecule has 0 saturated heterocycles. The smallest absolute Gasteiger partial charge is 0.182 e. The summed E-state index contributed by atoms with van der Waals surface area (Å²) in [6.45, 7) is 1.91. The molecule has 0 radical (unpaired) electrons. The largest absolute Gasteiger partial charge is 0.464 e. The van der Waals surface area contributed by atoms with Crippen LogP contribution in [0.4, 0.5) is 4.39 Å². The van der Waals surface area contributed by atoms with Gasteiger partial charge in [0.15, 0.2) is 5.78 Å². The number of carbonyl (C=O) groups is 1. The summed E-state index contributed by atoms with van der Waals surface area (Å²) >= 11 is 0. The third-order valence-corrected chi connectivity index (χ3v) is 3.12. The molecule has 2 aromatic rings. The second-order valence-corrected chi connectivity index (χ2v) is 4.54. The number of hydrogen-bond donors (Lipinski definition) is 0. The number of rotatable bonds is 4. The molecule has 1 aromatic heterocycles. The number of fused-ring (bicyclic) bond motifs is 1. The number of hydrogen-bond acceptors (Lipinski definition) is 3. The van der Waals surface area contributed by atoms with Crippen LogP contribution in [0.5, 0.6) is 0 Å². The van der Waals surface area contributed by atoms with Crippen LogP contribution < -0.4 is 0 Å². The fourth-order valence-corrected chi connectivity index (χ4v) is 2.14. The molecule has 1 aromatic carbocycles. The van der Waals surface area contributed by atoms with Crippen molar-refractivity contribution in [2.75, 3.05) is 14.1 Å². The van der Waals surface area contributed by atoms with Crippen molar-refractivity contribution < 1.29 is 13.6 Å². The van der Waals surface area contributed by atoms with Crippen LogP contribution in [0, 0.1) is 5.82 Å². The SMILES string of the molecule is CCC(C(=O)c1cc2occc2cc1F)N(C)C. The Morgan fingerprint density at radius 2 is 2.17 bits per heavy atom. The Morgan fingerprint density at radius 1 is 1.44 bits per heavy atom. The summed E-state index contributed by atoms with van der Waals surface area (Å²) in [6, 6.07) is 4.19. The molecule has 0 N–H and O–H groups in total. The van der Waals surface area contributed by atoms with E-state index >= 15 is 0 Å². The molecule has 1 heterocycles. The molecule has 3 nitrogen and oxygen atoms in total. The van der Waals surface area contributed by atoms with E-state index in [1.807, 2.05) is 21.0 Å². The quantitative estimate of drug-likeness (QED) is 0.781. The van der Waals surface area contributed by atoms with Gasteiger partial charge >= 0.3 is 0 Å². The first kappa shape index (κ1) is 12.8. The van der Waals surface area contributed by atoms with Gasteiger partial charge in [0.25, 0.3) is 0 Å². The minimum Gasteiger partial charge on any atom is -0.464 e.